The molecule has 2 aromatic rings. The van der Waals surface area contributed by atoms with E-state index < -0.39 is 0 Å². The number of pyridine rings is 1. The van der Waals surface area contributed by atoms with Crippen LogP contribution >= 0.6 is 0 Å². The van der Waals surface area contributed by atoms with Gasteiger partial charge in [0.25, 0.3) is 5.91 Å². The molecule has 0 aliphatic rings. The lowest BCUT2D eigenvalue weighted by Gasteiger charge is -2.21. The number of nitrogens with one attached hydrogen (secondary N) is 1. The van der Waals surface area contributed by atoms with Crippen LogP contribution in [0.1, 0.15) is 37.6 Å². The second kappa shape index (κ2) is 8.32. The maximum atomic E-state index is 12.7. The minimum atomic E-state index is -0.0278. The van der Waals surface area contributed by atoms with Gasteiger partial charge < -0.3 is 10.2 Å². The second-order valence-electron chi connectivity index (χ2n) is 5.93. The van der Waals surface area contributed by atoms with E-state index in [2.05, 4.69) is 24.1 Å². The van der Waals surface area contributed by atoms with Crippen molar-refractivity contribution in [2.45, 2.75) is 27.2 Å². The molecule has 4 nitrogen and oxygen atoms in total. The maximum Gasteiger partial charge on any atom is 0.259 e. The van der Waals surface area contributed by atoms with E-state index in [0.29, 0.717) is 18.0 Å². The molecule has 1 N–H and O–H groups in total. The molecule has 0 saturated carbocycles. The SMILES string of the molecule is CCN(C(=O)c1ccc(NCCC(C)C)nc1)c1ccccc1. The predicted molar refractivity (Wildman–Crippen MR) is 96.0 cm³/mol. The molecule has 1 amide bonds. The van der Waals surface area contributed by atoms with Crippen LogP contribution < -0.4 is 10.2 Å². The third-order valence-electron chi connectivity index (χ3n) is 3.67. The van der Waals surface area contributed by atoms with E-state index >= 15 is 0 Å². The Morgan fingerprint density at radius 2 is 1.91 bits per heavy atom. The highest BCUT2D eigenvalue weighted by Gasteiger charge is 2.16. The first-order chi connectivity index (χ1) is 11.1. The molecule has 1 heterocycles. The number of amides is 1. The summed E-state index contributed by atoms with van der Waals surface area (Å²) >= 11 is 0. The van der Waals surface area contributed by atoms with Crippen molar-refractivity contribution < 1.29 is 4.79 Å². The summed E-state index contributed by atoms with van der Waals surface area (Å²) in [6.07, 6.45) is 2.74. The second-order valence-corrected chi connectivity index (χ2v) is 5.93. The highest BCUT2D eigenvalue weighted by Crippen LogP contribution is 2.17. The molecule has 0 atom stereocenters. The highest BCUT2D eigenvalue weighted by molar-refractivity contribution is 6.05. The fourth-order valence-electron chi connectivity index (χ4n) is 2.32. The number of carbonyl (C=O) groups excluding carboxylic acids is 1. The molecular weight excluding hydrogens is 286 g/mol. The molecule has 0 saturated heterocycles. The van der Waals surface area contributed by atoms with E-state index in [1.165, 1.54) is 0 Å². The topological polar surface area (TPSA) is 45.2 Å². The van der Waals surface area contributed by atoms with Crippen molar-refractivity contribution in [3.8, 4) is 0 Å². The van der Waals surface area contributed by atoms with Gasteiger partial charge in [0.15, 0.2) is 0 Å². The number of rotatable bonds is 7. The van der Waals surface area contributed by atoms with Gasteiger partial charge in [0, 0.05) is 25.0 Å². The van der Waals surface area contributed by atoms with Crippen molar-refractivity contribution in [2.75, 3.05) is 23.3 Å². The Balaban J connectivity index is 2.04. The van der Waals surface area contributed by atoms with Gasteiger partial charge in [-0.05, 0) is 43.5 Å². The highest BCUT2D eigenvalue weighted by atomic mass is 16.2. The molecule has 1 aromatic carbocycles. The number of anilines is 2. The fourth-order valence-corrected chi connectivity index (χ4v) is 2.32. The average Bonchev–Trinajstić information content (AvgIpc) is 2.57. The third kappa shape index (κ3) is 4.81. The summed E-state index contributed by atoms with van der Waals surface area (Å²) in [5.41, 5.74) is 1.50. The molecule has 23 heavy (non-hydrogen) atoms. The van der Waals surface area contributed by atoms with Crippen LogP contribution in [0.25, 0.3) is 0 Å². The Morgan fingerprint density at radius 3 is 2.48 bits per heavy atom. The molecule has 0 fully saturated rings. The molecule has 4 heteroatoms. The van der Waals surface area contributed by atoms with Crippen LogP contribution in [0.4, 0.5) is 11.5 Å². The summed E-state index contributed by atoms with van der Waals surface area (Å²) in [5, 5.41) is 3.28. The lowest BCUT2D eigenvalue weighted by Crippen LogP contribution is -2.30. The van der Waals surface area contributed by atoms with Gasteiger partial charge in [-0.25, -0.2) is 4.98 Å². The summed E-state index contributed by atoms with van der Waals surface area (Å²) in [7, 11) is 0. The molecule has 0 bridgehead atoms. The minimum absolute atomic E-state index is 0.0278. The Hall–Kier alpha value is -2.36. The Kier molecular flexibility index (Phi) is 6.15. The lowest BCUT2D eigenvalue weighted by atomic mass is 10.1. The standard InChI is InChI=1S/C19H25N3O/c1-4-22(17-8-6-5-7-9-17)19(23)16-10-11-18(21-14-16)20-13-12-15(2)3/h5-11,14-15H,4,12-13H2,1-3H3,(H,20,21). The van der Waals surface area contributed by atoms with Crippen molar-refractivity contribution in [1.29, 1.82) is 0 Å². The first-order valence-corrected chi connectivity index (χ1v) is 8.18. The van der Waals surface area contributed by atoms with Gasteiger partial charge in [0.2, 0.25) is 0 Å². The van der Waals surface area contributed by atoms with E-state index in [1.54, 1.807) is 11.1 Å². The number of nitrogens with zero attached hydrogens (tertiary/aromatic N) is 2. The monoisotopic (exact) mass is 311 g/mol. The van der Waals surface area contributed by atoms with E-state index in [-0.39, 0.29) is 5.91 Å². The Bertz CT molecular complexity index is 608. The number of aromatic nitrogens is 1. The van der Waals surface area contributed by atoms with E-state index in [1.807, 2.05) is 49.4 Å². The zero-order valence-electron chi connectivity index (χ0n) is 14.1. The van der Waals surface area contributed by atoms with Crippen LogP contribution in [0, 0.1) is 5.92 Å². The molecule has 122 valence electrons. The number of para-hydroxylation sites is 1. The zero-order chi connectivity index (χ0) is 16.7. The van der Waals surface area contributed by atoms with Crippen LogP contribution in [-0.4, -0.2) is 24.0 Å². The van der Waals surface area contributed by atoms with Crippen molar-refractivity contribution in [2.24, 2.45) is 5.92 Å². The largest absolute Gasteiger partial charge is 0.370 e. The number of hydrogen-bond donors (Lipinski definition) is 1. The zero-order valence-corrected chi connectivity index (χ0v) is 14.1. The van der Waals surface area contributed by atoms with Gasteiger partial charge in [-0.15, -0.1) is 0 Å². The number of carbonyl (C=O) groups is 1. The first-order valence-electron chi connectivity index (χ1n) is 8.18. The Morgan fingerprint density at radius 1 is 1.17 bits per heavy atom. The van der Waals surface area contributed by atoms with Crippen molar-refractivity contribution in [1.82, 2.24) is 4.98 Å². The van der Waals surface area contributed by atoms with Gasteiger partial charge in [-0.2, -0.15) is 0 Å². The molecule has 0 spiro atoms. The van der Waals surface area contributed by atoms with Crippen LogP contribution in [0.3, 0.4) is 0 Å². The summed E-state index contributed by atoms with van der Waals surface area (Å²) in [6.45, 7) is 7.88. The van der Waals surface area contributed by atoms with Gasteiger partial charge in [-0.3, -0.25) is 4.79 Å². The molecule has 1 aromatic heterocycles. The molecule has 0 radical (unpaired) electrons. The molecule has 0 aliphatic carbocycles. The Labute approximate surface area is 138 Å². The molecule has 2 rings (SSSR count). The lowest BCUT2D eigenvalue weighted by molar-refractivity contribution is 0.0988. The maximum absolute atomic E-state index is 12.7. The first kappa shape index (κ1) is 17.0. The van der Waals surface area contributed by atoms with E-state index in [0.717, 1.165) is 24.5 Å². The number of benzene rings is 1. The van der Waals surface area contributed by atoms with Crippen LogP contribution in [0.5, 0.6) is 0 Å². The smallest absolute Gasteiger partial charge is 0.259 e. The van der Waals surface area contributed by atoms with Gasteiger partial charge in [0.1, 0.15) is 5.82 Å². The van der Waals surface area contributed by atoms with Crippen molar-refractivity contribution >= 4 is 17.4 Å². The third-order valence-corrected chi connectivity index (χ3v) is 3.67. The van der Waals surface area contributed by atoms with Gasteiger partial charge in [-0.1, -0.05) is 32.0 Å². The minimum Gasteiger partial charge on any atom is -0.370 e. The molecule has 0 aliphatic heterocycles. The normalized spacial score (nSPS) is 10.6. The summed E-state index contributed by atoms with van der Waals surface area (Å²) in [5.74, 6) is 1.44. The predicted octanol–water partition coefficient (Wildman–Crippen LogP) is 4.21. The fraction of sp³-hybridized carbons (Fsp3) is 0.368. The average molecular weight is 311 g/mol. The molecular formula is C19H25N3O. The molecule has 0 unspecified atom stereocenters. The van der Waals surface area contributed by atoms with Crippen LogP contribution in [0.15, 0.2) is 48.7 Å². The summed E-state index contributed by atoms with van der Waals surface area (Å²) < 4.78 is 0. The van der Waals surface area contributed by atoms with Crippen LogP contribution in [0.2, 0.25) is 0 Å². The van der Waals surface area contributed by atoms with E-state index in [4.69, 9.17) is 0 Å². The van der Waals surface area contributed by atoms with Crippen molar-refractivity contribution in [3.63, 3.8) is 0 Å². The van der Waals surface area contributed by atoms with Gasteiger partial charge in [0.05, 0.1) is 5.56 Å². The van der Waals surface area contributed by atoms with E-state index in [9.17, 15) is 4.79 Å². The summed E-state index contributed by atoms with van der Waals surface area (Å²) in [6, 6.07) is 13.4. The quantitative estimate of drug-likeness (QED) is 0.833. The van der Waals surface area contributed by atoms with Crippen molar-refractivity contribution in [3.05, 3.63) is 54.2 Å². The summed E-state index contributed by atoms with van der Waals surface area (Å²) in [4.78, 5) is 18.8. The van der Waals surface area contributed by atoms with Gasteiger partial charge >= 0.3 is 0 Å². The van der Waals surface area contributed by atoms with Crippen LogP contribution in [-0.2, 0) is 0 Å². The number of hydrogen-bond acceptors (Lipinski definition) is 3.